The fourth-order valence-electron chi connectivity index (χ4n) is 5.83. The minimum atomic E-state index is -0.849. The molecule has 2 aromatic carbocycles. The Kier molecular flexibility index (Phi) is 9.92. The molecule has 5 rings (SSSR count). The Bertz CT molecular complexity index is 1560. The molecule has 45 heavy (non-hydrogen) atoms. The molecule has 1 unspecified atom stereocenters. The minimum Gasteiger partial charge on any atom is -0.350 e. The van der Waals surface area contributed by atoms with Crippen molar-refractivity contribution >= 4 is 17.5 Å². The predicted octanol–water partition coefficient (Wildman–Crippen LogP) is 4.12. The van der Waals surface area contributed by atoms with Crippen LogP contribution >= 0.6 is 0 Å². The summed E-state index contributed by atoms with van der Waals surface area (Å²) in [7, 11) is 0. The van der Waals surface area contributed by atoms with Crippen LogP contribution in [0, 0.1) is 4.91 Å². The Hall–Kier alpha value is -5.40. The van der Waals surface area contributed by atoms with Crippen LogP contribution in [0.3, 0.4) is 0 Å². The Labute approximate surface area is 258 Å². The number of benzene rings is 2. The second-order valence-electron chi connectivity index (χ2n) is 10.9. The maximum Gasteiger partial charge on any atom is 0.251 e. The van der Waals surface area contributed by atoms with Crippen molar-refractivity contribution in [2.75, 3.05) is 18.2 Å². The van der Waals surface area contributed by atoms with Gasteiger partial charge in [0.1, 0.15) is 18.7 Å². The van der Waals surface area contributed by atoms with Crippen LogP contribution in [0.5, 0.6) is 0 Å². The molecular formula is C29H33N13O3. The maximum atomic E-state index is 13.6. The quantitative estimate of drug-likeness (QED) is 0.0841. The molecule has 2 heterocycles. The summed E-state index contributed by atoms with van der Waals surface area (Å²) in [4.78, 5) is 46.2. The van der Waals surface area contributed by atoms with Gasteiger partial charge >= 0.3 is 0 Å². The molecule has 3 aliphatic rings. The summed E-state index contributed by atoms with van der Waals surface area (Å²) in [5.74, 6) is 6.49. The summed E-state index contributed by atoms with van der Waals surface area (Å²) < 4.78 is 0. The number of carbonyl (C=O) groups excluding carboxylic acids is 2. The van der Waals surface area contributed by atoms with Gasteiger partial charge in [-0.25, -0.2) is 5.84 Å². The first-order valence-electron chi connectivity index (χ1n) is 14.5. The van der Waals surface area contributed by atoms with Gasteiger partial charge in [0.15, 0.2) is 0 Å². The van der Waals surface area contributed by atoms with Crippen molar-refractivity contribution in [1.82, 2.24) is 20.4 Å². The number of hydrazine groups is 1. The van der Waals surface area contributed by atoms with Crippen LogP contribution in [0.4, 0.5) is 5.69 Å². The van der Waals surface area contributed by atoms with Gasteiger partial charge < -0.3 is 15.5 Å². The fraction of sp³-hybridized carbons (Fsp3) is 0.379. The summed E-state index contributed by atoms with van der Waals surface area (Å²) in [6.45, 7) is -0.0258. The topological polar surface area (TPSA) is 221 Å². The lowest BCUT2D eigenvalue weighted by atomic mass is 9.91. The first-order chi connectivity index (χ1) is 21.9. The fourth-order valence-corrected chi connectivity index (χ4v) is 5.83. The molecule has 1 aliphatic carbocycles. The SMILES string of the molecule is [N-]=[N+]=NC[C@@H]1C(=O)N(CN=[N+]=[N-])C2=CC=C(N(N)c3ccc(C(=O)NC4CCC(N=O)CC4)cc3)NC2N1Cc1ccccc1. The average molecular weight is 612 g/mol. The van der Waals surface area contributed by atoms with Crippen LogP contribution in [-0.4, -0.2) is 59.1 Å². The van der Waals surface area contributed by atoms with E-state index >= 15 is 0 Å². The zero-order valence-electron chi connectivity index (χ0n) is 24.4. The van der Waals surface area contributed by atoms with Crippen LogP contribution in [0.15, 0.2) is 93.7 Å². The number of piperazine rings is 1. The van der Waals surface area contributed by atoms with Crippen molar-refractivity contribution < 1.29 is 9.59 Å². The van der Waals surface area contributed by atoms with E-state index in [0.717, 1.165) is 5.56 Å². The number of nitrogens with one attached hydrogen (secondary N) is 2. The van der Waals surface area contributed by atoms with Crippen LogP contribution in [0.25, 0.3) is 20.9 Å². The first kappa shape index (κ1) is 31.0. The van der Waals surface area contributed by atoms with E-state index in [1.807, 2.05) is 35.2 Å². The number of hydrogen-bond donors (Lipinski definition) is 3. The standard InChI is InChI=1S/C29H33N13O3/c30-38-33-16-25-29(44)41(18-34-39-31)24-14-15-26(36-27(24)40(25)17-19-4-2-1-3-5-19)42(32)23-12-6-20(7-13-23)28(43)35-21-8-10-22(37-45)11-9-21/h1-7,12-15,21-22,25,27,36H,8-11,16-18,32H2,(H,35,43)/t21?,22?,25-,27?/m1/s1. The number of allylic oxidation sites excluding steroid dienone is 2. The predicted molar refractivity (Wildman–Crippen MR) is 166 cm³/mol. The van der Waals surface area contributed by atoms with Crippen molar-refractivity contribution in [3.05, 3.63) is 115 Å². The van der Waals surface area contributed by atoms with E-state index in [1.165, 1.54) is 9.91 Å². The molecule has 2 amide bonds. The highest BCUT2D eigenvalue weighted by Crippen LogP contribution is 2.31. The third kappa shape index (κ3) is 7.06. The molecule has 0 bridgehead atoms. The first-order valence-corrected chi connectivity index (χ1v) is 14.5. The molecule has 0 radical (unpaired) electrons. The molecule has 0 aromatic heterocycles. The molecule has 2 fully saturated rings. The average Bonchev–Trinajstić information content (AvgIpc) is 3.08. The molecule has 1 saturated heterocycles. The molecule has 16 heteroatoms. The summed E-state index contributed by atoms with van der Waals surface area (Å²) in [6, 6.07) is 15.4. The highest BCUT2D eigenvalue weighted by molar-refractivity contribution is 5.94. The third-order valence-corrected chi connectivity index (χ3v) is 8.21. The third-order valence-electron chi connectivity index (χ3n) is 8.21. The summed E-state index contributed by atoms with van der Waals surface area (Å²) in [6.07, 6.45) is 5.61. The lowest BCUT2D eigenvalue weighted by Gasteiger charge is -2.49. The van der Waals surface area contributed by atoms with Crippen molar-refractivity contribution in [1.29, 1.82) is 0 Å². The smallest absolute Gasteiger partial charge is 0.251 e. The van der Waals surface area contributed by atoms with Crippen molar-refractivity contribution in [3.63, 3.8) is 0 Å². The monoisotopic (exact) mass is 611 g/mol. The number of nitroso groups, excluding NO2 is 1. The van der Waals surface area contributed by atoms with Gasteiger partial charge in [-0.05, 0) is 78.7 Å². The zero-order chi connectivity index (χ0) is 31.8. The van der Waals surface area contributed by atoms with Crippen molar-refractivity contribution in [2.24, 2.45) is 21.2 Å². The van der Waals surface area contributed by atoms with Gasteiger partial charge in [-0.1, -0.05) is 45.7 Å². The van der Waals surface area contributed by atoms with E-state index in [1.54, 1.807) is 36.4 Å². The zero-order valence-corrected chi connectivity index (χ0v) is 24.4. The molecular weight excluding hydrogens is 578 g/mol. The highest BCUT2D eigenvalue weighted by atomic mass is 16.3. The lowest BCUT2D eigenvalue weighted by molar-refractivity contribution is -0.141. The largest absolute Gasteiger partial charge is 0.350 e. The number of rotatable bonds is 11. The summed E-state index contributed by atoms with van der Waals surface area (Å²) in [5.41, 5.74) is 20.6. The molecule has 1 saturated carbocycles. The van der Waals surface area contributed by atoms with E-state index in [2.05, 4.69) is 35.9 Å². The van der Waals surface area contributed by atoms with Gasteiger partial charge in [-0.15, -0.1) is 0 Å². The molecule has 2 atom stereocenters. The van der Waals surface area contributed by atoms with E-state index in [4.69, 9.17) is 16.9 Å². The Morgan fingerprint density at radius 2 is 1.73 bits per heavy atom. The Morgan fingerprint density at radius 1 is 1.02 bits per heavy atom. The molecule has 16 nitrogen and oxygen atoms in total. The number of nitrogens with zero attached hydrogens (tertiary/aromatic N) is 10. The van der Waals surface area contributed by atoms with Crippen LogP contribution in [0.2, 0.25) is 0 Å². The molecule has 2 aliphatic heterocycles. The van der Waals surface area contributed by atoms with Crippen LogP contribution in [-0.2, 0) is 11.3 Å². The maximum absolute atomic E-state index is 13.6. The van der Waals surface area contributed by atoms with E-state index in [9.17, 15) is 14.5 Å². The van der Waals surface area contributed by atoms with Crippen molar-refractivity contribution in [2.45, 2.75) is 56.5 Å². The van der Waals surface area contributed by atoms with Gasteiger partial charge in [0.2, 0.25) is 5.91 Å². The second-order valence-corrected chi connectivity index (χ2v) is 10.9. The number of anilines is 1. The molecule has 4 N–H and O–H groups in total. The lowest BCUT2D eigenvalue weighted by Crippen LogP contribution is -2.66. The molecule has 2 aromatic rings. The highest BCUT2D eigenvalue weighted by Gasteiger charge is 2.44. The normalized spacial score (nSPS) is 22.8. The number of dihydropyridines is 1. The van der Waals surface area contributed by atoms with Gasteiger partial charge in [-0.3, -0.25) is 19.5 Å². The molecule has 0 spiro atoms. The number of azide groups is 2. The van der Waals surface area contributed by atoms with E-state index in [-0.39, 0.29) is 37.1 Å². The van der Waals surface area contributed by atoms with E-state index in [0.29, 0.717) is 55.0 Å². The number of carbonyl (C=O) groups is 2. The summed E-state index contributed by atoms with van der Waals surface area (Å²) >= 11 is 0. The Morgan fingerprint density at radius 3 is 2.40 bits per heavy atom. The Balaban J connectivity index is 1.37. The van der Waals surface area contributed by atoms with Crippen LogP contribution in [0.1, 0.15) is 41.6 Å². The molecule has 232 valence electrons. The number of fused-ring (bicyclic) bond motifs is 1. The van der Waals surface area contributed by atoms with Gasteiger partial charge in [0.05, 0.1) is 30.0 Å². The van der Waals surface area contributed by atoms with E-state index < -0.39 is 12.2 Å². The van der Waals surface area contributed by atoms with Crippen LogP contribution < -0.4 is 21.5 Å². The number of amides is 2. The second kappa shape index (κ2) is 14.4. The van der Waals surface area contributed by atoms with Crippen molar-refractivity contribution in [3.8, 4) is 0 Å². The van der Waals surface area contributed by atoms with Gasteiger partial charge in [0, 0.05) is 28.0 Å². The van der Waals surface area contributed by atoms with Gasteiger partial charge in [-0.2, -0.15) is 4.91 Å². The minimum absolute atomic E-state index is 0.000981. The van der Waals surface area contributed by atoms with Gasteiger partial charge in [0.25, 0.3) is 5.91 Å². The number of hydrogen-bond acceptors (Lipinski definition) is 10. The summed E-state index contributed by atoms with van der Waals surface area (Å²) in [5, 5.41) is 18.3. The number of nitrogens with two attached hydrogens (primary N) is 1.